The first-order valence-electron chi connectivity index (χ1n) is 6.40. The Morgan fingerprint density at radius 2 is 2.00 bits per heavy atom. The van der Waals surface area contributed by atoms with Crippen molar-refractivity contribution >= 4 is 44.0 Å². The molecular weight excluding hydrogens is 390 g/mol. The smallest absolute Gasteiger partial charge is 0.295 e. The number of amides is 1. The normalized spacial score (nSPS) is 15.9. The molecule has 0 saturated carbocycles. The molecule has 2 rings (SSSR count). The summed E-state index contributed by atoms with van der Waals surface area (Å²) in [5.41, 5.74) is 3.02. The topological polar surface area (TPSA) is 66.1 Å². The average molecular weight is 406 g/mol. The van der Waals surface area contributed by atoms with E-state index in [1.165, 1.54) is 24.0 Å². The number of phenolic OH excluding ortho intramolecular Hbond substituents is 1. The molecule has 5 nitrogen and oxygen atoms in total. The van der Waals surface area contributed by atoms with Gasteiger partial charge in [0.1, 0.15) is 5.75 Å². The predicted octanol–water partition coefficient (Wildman–Crippen LogP) is 1.05. The molecule has 3 N–H and O–H groups in total. The van der Waals surface area contributed by atoms with Gasteiger partial charge in [0.2, 0.25) is 0 Å². The van der Waals surface area contributed by atoms with Crippen molar-refractivity contribution in [2.75, 3.05) is 19.6 Å². The summed E-state index contributed by atoms with van der Waals surface area (Å²) in [6, 6.07) is 3.52. The number of likely N-dealkylation sites (tertiary alicyclic amines) is 1. The van der Waals surface area contributed by atoms with E-state index in [-0.39, 0.29) is 11.7 Å². The fraction of sp³-hybridized carbons (Fsp3) is 0.385. The van der Waals surface area contributed by atoms with Gasteiger partial charge in [-0.3, -0.25) is 4.79 Å². The second kappa shape index (κ2) is 7.19. The molecule has 0 aliphatic carbocycles. The molecule has 0 unspecified atom stereocenters. The number of hydrazone groups is 1. The van der Waals surface area contributed by atoms with E-state index in [1.54, 1.807) is 12.1 Å². The third-order valence-electron chi connectivity index (χ3n) is 3.22. The fourth-order valence-corrected chi connectivity index (χ4v) is 2.93. The zero-order chi connectivity index (χ0) is 14.5. The quantitative estimate of drug-likeness (QED) is 0.517. The molecule has 108 valence electrons. The highest BCUT2D eigenvalue weighted by Gasteiger charge is 2.18. The van der Waals surface area contributed by atoms with Crippen LogP contribution in [0.2, 0.25) is 0 Å². The molecule has 1 aliphatic rings. The van der Waals surface area contributed by atoms with Crippen molar-refractivity contribution in [3.63, 3.8) is 0 Å². The summed E-state index contributed by atoms with van der Waals surface area (Å²) in [5, 5.41) is 13.8. The number of rotatable bonds is 4. The van der Waals surface area contributed by atoms with Crippen LogP contribution in [0.5, 0.6) is 5.75 Å². The van der Waals surface area contributed by atoms with Gasteiger partial charge in [0.15, 0.2) is 6.54 Å². The molecule has 1 aromatic rings. The van der Waals surface area contributed by atoms with E-state index in [2.05, 4.69) is 42.4 Å². The molecule has 1 aliphatic heterocycles. The zero-order valence-electron chi connectivity index (χ0n) is 10.8. The number of nitrogens with one attached hydrogen (secondary N) is 2. The second-order valence-electron chi connectivity index (χ2n) is 4.72. The fourth-order valence-electron chi connectivity index (χ4n) is 2.17. The van der Waals surface area contributed by atoms with Crippen LogP contribution in [0.1, 0.15) is 18.4 Å². The Kier molecular flexibility index (Phi) is 5.56. The van der Waals surface area contributed by atoms with Gasteiger partial charge in [-0.25, -0.2) is 5.43 Å². The second-order valence-corrected chi connectivity index (χ2v) is 6.43. The molecule has 20 heavy (non-hydrogen) atoms. The van der Waals surface area contributed by atoms with E-state index >= 15 is 0 Å². The first-order chi connectivity index (χ1) is 9.58. The van der Waals surface area contributed by atoms with Crippen molar-refractivity contribution in [2.24, 2.45) is 5.10 Å². The van der Waals surface area contributed by atoms with Crippen LogP contribution in [-0.2, 0) is 4.79 Å². The highest BCUT2D eigenvalue weighted by atomic mass is 79.9. The van der Waals surface area contributed by atoms with Crippen LogP contribution >= 0.6 is 31.9 Å². The minimum atomic E-state index is -0.108. The van der Waals surface area contributed by atoms with Crippen molar-refractivity contribution in [1.29, 1.82) is 0 Å². The summed E-state index contributed by atoms with van der Waals surface area (Å²) in [4.78, 5) is 13.0. The van der Waals surface area contributed by atoms with Gasteiger partial charge in [-0.2, -0.15) is 5.10 Å². The molecular formula is C13H16Br2N3O2+. The lowest BCUT2D eigenvalue weighted by Gasteiger charge is -2.09. The molecule has 1 heterocycles. The van der Waals surface area contributed by atoms with Gasteiger partial charge in [0, 0.05) is 17.3 Å². The van der Waals surface area contributed by atoms with E-state index in [4.69, 9.17) is 0 Å². The van der Waals surface area contributed by atoms with Gasteiger partial charge in [0.25, 0.3) is 5.91 Å². The lowest BCUT2D eigenvalue weighted by atomic mass is 10.2. The molecule has 0 radical (unpaired) electrons. The minimum absolute atomic E-state index is 0.0857. The van der Waals surface area contributed by atoms with Gasteiger partial charge in [-0.15, -0.1) is 0 Å². The van der Waals surface area contributed by atoms with E-state index in [1.807, 2.05) is 0 Å². The lowest BCUT2D eigenvalue weighted by molar-refractivity contribution is -0.879. The Hall–Kier alpha value is -0.920. The first-order valence-corrected chi connectivity index (χ1v) is 7.99. The van der Waals surface area contributed by atoms with Crippen LogP contribution in [0.4, 0.5) is 0 Å². The molecule has 1 fully saturated rings. The van der Waals surface area contributed by atoms with Crippen LogP contribution in [0.25, 0.3) is 0 Å². The van der Waals surface area contributed by atoms with Crippen LogP contribution in [0, 0.1) is 0 Å². The van der Waals surface area contributed by atoms with Crippen molar-refractivity contribution < 1.29 is 14.8 Å². The number of benzene rings is 1. The third kappa shape index (κ3) is 4.04. The van der Waals surface area contributed by atoms with Crippen LogP contribution in [0.3, 0.4) is 0 Å². The number of aromatic hydroxyl groups is 1. The van der Waals surface area contributed by atoms with Gasteiger partial charge < -0.3 is 10.0 Å². The number of hydrogen-bond acceptors (Lipinski definition) is 3. The number of nitrogens with zero attached hydrogens (tertiary/aromatic N) is 1. The molecule has 0 spiro atoms. The lowest BCUT2D eigenvalue weighted by Crippen LogP contribution is -3.11. The van der Waals surface area contributed by atoms with Gasteiger partial charge in [-0.1, -0.05) is 0 Å². The zero-order valence-corrected chi connectivity index (χ0v) is 14.0. The molecule has 0 aromatic heterocycles. The summed E-state index contributed by atoms with van der Waals surface area (Å²) < 4.78 is 1.29. The highest BCUT2D eigenvalue weighted by Crippen LogP contribution is 2.31. The van der Waals surface area contributed by atoms with E-state index in [0.29, 0.717) is 21.1 Å². The number of phenols is 1. The van der Waals surface area contributed by atoms with Crippen molar-refractivity contribution in [2.45, 2.75) is 12.8 Å². The molecule has 7 heteroatoms. The summed E-state index contributed by atoms with van der Waals surface area (Å²) in [6.07, 6.45) is 3.80. The van der Waals surface area contributed by atoms with Crippen LogP contribution in [0.15, 0.2) is 26.2 Å². The monoisotopic (exact) mass is 404 g/mol. The van der Waals surface area contributed by atoms with E-state index in [9.17, 15) is 9.90 Å². The van der Waals surface area contributed by atoms with E-state index in [0.717, 1.165) is 13.1 Å². The number of hydrogen-bond donors (Lipinski definition) is 3. The highest BCUT2D eigenvalue weighted by molar-refractivity contribution is 9.11. The standard InChI is InChI=1S/C13H15Br2N3O2/c14-10-3-4-11(15)13(20)9(10)7-16-17-12(19)8-18-5-1-2-6-18/h3-4,7,20H,1-2,5-6,8H2,(H,17,19)/p+1/b16-7+. The van der Waals surface area contributed by atoms with Gasteiger partial charge >= 0.3 is 0 Å². The summed E-state index contributed by atoms with van der Waals surface area (Å²) >= 11 is 6.57. The van der Waals surface area contributed by atoms with E-state index < -0.39 is 0 Å². The Balaban J connectivity index is 1.93. The average Bonchev–Trinajstić information content (AvgIpc) is 2.91. The number of carbonyl (C=O) groups is 1. The maximum absolute atomic E-state index is 11.7. The predicted molar refractivity (Wildman–Crippen MR) is 84.0 cm³/mol. The Morgan fingerprint density at radius 3 is 2.70 bits per heavy atom. The summed E-state index contributed by atoms with van der Waals surface area (Å²) in [7, 11) is 0. The Morgan fingerprint density at radius 1 is 1.35 bits per heavy atom. The molecule has 0 atom stereocenters. The molecule has 1 saturated heterocycles. The number of halogens is 2. The van der Waals surface area contributed by atoms with Gasteiger partial charge in [-0.05, 0) is 44.0 Å². The third-order valence-corrected chi connectivity index (χ3v) is 4.55. The molecule has 1 aromatic carbocycles. The van der Waals surface area contributed by atoms with Crippen molar-refractivity contribution in [3.05, 3.63) is 26.6 Å². The van der Waals surface area contributed by atoms with Crippen molar-refractivity contribution in [3.8, 4) is 5.75 Å². The van der Waals surface area contributed by atoms with Crippen molar-refractivity contribution in [1.82, 2.24) is 5.43 Å². The minimum Gasteiger partial charge on any atom is -0.506 e. The summed E-state index contributed by atoms with van der Waals surface area (Å²) in [5.74, 6) is -0.0219. The Labute approximate surface area is 134 Å². The first kappa shape index (κ1) is 15.5. The molecule has 1 amide bonds. The maximum atomic E-state index is 11.7. The van der Waals surface area contributed by atoms with Crippen LogP contribution in [-0.4, -0.2) is 36.9 Å². The number of carbonyl (C=O) groups excluding carboxylic acids is 1. The SMILES string of the molecule is O=C(C[NH+]1CCCC1)N/N=C/c1c(Br)ccc(Br)c1O. The van der Waals surface area contributed by atoms with Gasteiger partial charge in [0.05, 0.1) is 29.3 Å². The number of quaternary nitrogens is 1. The Bertz CT molecular complexity index is 529. The summed E-state index contributed by atoms with van der Waals surface area (Å²) in [6.45, 7) is 2.55. The van der Waals surface area contributed by atoms with Crippen LogP contribution < -0.4 is 10.3 Å². The maximum Gasteiger partial charge on any atom is 0.295 e. The largest absolute Gasteiger partial charge is 0.506 e. The molecule has 0 bridgehead atoms.